The van der Waals surface area contributed by atoms with Crippen LogP contribution in [-0.4, -0.2) is 38.8 Å². The van der Waals surface area contributed by atoms with Crippen molar-refractivity contribution in [2.45, 2.75) is 20.3 Å². The van der Waals surface area contributed by atoms with Gasteiger partial charge in [0.25, 0.3) is 0 Å². The van der Waals surface area contributed by atoms with Gasteiger partial charge in [-0.3, -0.25) is 4.79 Å². The standard InChI is InChI=1S/C21H26N2O4/c1-3-20(24)27-21-16(8-7-11-19(21)25-4-2)22-12-13-23-14-15-26-18-10-6-5-9-17(18)23/h5-11,22H,3-4,12-15H2,1-2H3. The first-order valence-corrected chi connectivity index (χ1v) is 9.40. The van der Waals surface area contributed by atoms with Crippen LogP contribution < -0.4 is 24.4 Å². The lowest BCUT2D eigenvalue weighted by atomic mass is 10.2. The number of carbonyl (C=O) groups is 1. The zero-order chi connectivity index (χ0) is 19.1. The fourth-order valence-corrected chi connectivity index (χ4v) is 3.00. The molecule has 0 saturated heterocycles. The van der Waals surface area contributed by atoms with Gasteiger partial charge < -0.3 is 24.4 Å². The summed E-state index contributed by atoms with van der Waals surface area (Å²) in [5.74, 6) is 1.65. The van der Waals surface area contributed by atoms with Crippen molar-refractivity contribution >= 4 is 17.3 Å². The van der Waals surface area contributed by atoms with Crippen molar-refractivity contribution in [3.8, 4) is 17.2 Å². The molecule has 1 heterocycles. The third-order valence-corrected chi connectivity index (χ3v) is 4.31. The first-order chi connectivity index (χ1) is 13.2. The molecule has 0 bridgehead atoms. The SMILES string of the molecule is CCOc1cccc(NCCN2CCOc3ccccc32)c1OC(=O)CC. The smallest absolute Gasteiger partial charge is 0.311 e. The van der Waals surface area contributed by atoms with Gasteiger partial charge in [-0.25, -0.2) is 0 Å². The lowest BCUT2D eigenvalue weighted by molar-refractivity contribution is -0.134. The molecule has 1 N–H and O–H groups in total. The van der Waals surface area contributed by atoms with E-state index in [0.717, 1.165) is 30.2 Å². The summed E-state index contributed by atoms with van der Waals surface area (Å²) >= 11 is 0. The topological polar surface area (TPSA) is 60.0 Å². The number of fused-ring (bicyclic) bond motifs is 1. The molecule has 1 aliphatic rings. The fraction of sp³-hybridized carbons (Fsp3) is 0.381. The molecule has 0 saturated carbocycles. The Kier molecular flexibility index (Phi) is 6.41. The minimum absolute atomic E-state index is 0.285. The number of nitrogens with one attached hydrogen (secondary N) is 1. The molecule has 0 amide bonds. The quantitative estimate of drug-likeness (QED) is 0.565. The van der Waals surface area contributed by atoms with E-state index in [4.69, 9.17) is 14.2 Å². The van der Waals surface area contributed by atoms with Gasteiger partial charge in [0.1, 0.15) is 12.4 Å². The Morgan fingerprint density at radius 3 is 2.85 bits per heavy atom. The number of benzene rings is 2. The van der Waals surface area contributed by atoms with E-state index in [1.165, 1.54) is 0 Å². The third kappa shape index (κ3) is 4.64. The number of esters is 1. The highest BCUT2D eigenvalue weighted by atomic mass is 16.6. The number of carbonyl (C=O) groups excluding carboxylic acids is 1. The van der Waals surface area contributed by atoms with Crippen LogP contribution in [0.3, 0.4) is 0 Å². The summed E-state index contributed by atoms with van der Waals surface area (Å²) in [5, 5.41) is 3.38. The second-order valence-electron chi connectivity index (χ2n) is 6.12. The monoisotopic (exact) mass is 370 g/mol. The number of hydrogen-bond donors (Lipinski definition) is 1. The number of para-hydroxylation sites is 3. The lowest BCUT2D eigenvalue weighted by Gasteiger charge is -2.31. The molecule has 27 heavy (non-hydrogen) atoms. The molecule has 0 aromatic heterocycles. The van der Waals surface area contributed by atoms with Crippen molar-refractivity contribution in [2.75, 3.05) is 43.1 Å². The molecule has 0 fully saturated rings. The Bertz CT molecular complexity index is 779. The van der Waals surface area contributed by atoms with Gasteiger partial charge in [0, 0.05) is 19.5 Å². The van der Waals surface area contributed by atoms with Crippen LogP contribution in [0.1, 0.15) is 20.3 Å². The van der Waals surface area contributed by atoms with E-state index in [1.54, 1.807) is 6.92 Å². The molecular formula is C21H26N2O4. The van der Waals surface area contributed by atoms with Crippen LogP contribution in [0.15, 0.2) is 42.5 Å². The molecule has 0 aliphatic carbocycles. The number of hydrogen-bond acceptors (Lipinski definition) is 6. The van der Waals surface area contributed by atoms with Crippen LogP contribution >= 0.6 is 0 Å². The zero-order valence-electron chi connectivity index (χ0n) is 15.9. The summed E-state index contributed by atoms with van der Waals surface area (Å²) in [6, 6.07) is 13.7. The van der Waals surface area contributed by atoms with Gasteiger partial charge in [0.15, 0.2) is 11.5 Å². The third-order valence-electron chi connectivity index (χ3n) is 4.31. The fourth-order valence-electron chi connectivity index (χ4n) is 3.00. The van der Waals surface area contributed by atoms with Gasteiger partial charge in [0.2, 0.25) is 0 Å². The normalized spacial score (nSPS) is 12.7. The van der Waals surface area contributed by atoms with Crippen molar-refractivity contribution in [2.24, 2.45) is 0 Å². The van der Waals surface area contributed by atoms with Crippen molar-refractivity contribution in [1.82, 2.24) is 0 Å². The van der Waals surface area contributed by atoms with E-state index in [1.807, 2.05) is 43.3 Å². The predicted octanol–water partition coefficient (Wildman–Crippen LogP) is 3.71. The highest BCUT2D eigenvalue weighted by molar-refractivity contribution is 5.76. The van der Waals surface area contributed by atoms with Gasteiger partial charge in [0.05, 0.1) is 24.5 Å². The Labute approximate surface area is 160 Å². The number of rotatable bonds is 8. The average Bonchev–Trinajstić information content (AvgIpc) is 2.70. The summed E-state index contributed by atoms with van der Waals surface area (Å²) < 4.78 is 16.8. The maximum Gasteiger partial charge on any atom is 0.311 e. The van der Waals surface area contributed by atoms with Crippen molar-refractivity contribution < 1.29 is 19.0 Å². The second-order valence-corrected chi connectivity index (χ2v) is 6.12. The van der Waals surface area contributed by atoms with Crippen molar-refractivity contribution in [3.63, 3.8) is 0 Å². The Balaban J connectivity index is 1.69. The average molecular weight is 370 g/mol. The van der Waals surface area contributed by atoms with Crippen LogP contribution in [0.5, 0.6) is 17.2 Å². The van der Waals surface area contributed by atoms with E-state index in [9.17, 15) is 4.79 Å². The van der Waals surface area contributed by atoms with E-state index < -0.39 is 0 Å². The van der Waals surface area contributed by atoms with E-state index >= 15 is 0 Å². The predicted molar refractivity (Wildman–Crippen MR) is 106 cm³/mol. The molecule has 6 heteroatoms. The van der Waals surface area contributed by atoms with Crippen molar-refractivity contribution in [1.29, 1.82) is 0 Å². The van der Waals surface area contributed by atoms with E-state index in [2.05, 4.69) is 16.3 Å². The van der Waals surface area contributed by atoms with E-state index in [0.29, 0.717) is 37.7 Å². The molecule has 2 aromatic carbocycles. The first-order valence-electron chi connectivity index (χ1n) is 9.40. The Morgan fingerprint density at radius 2 is 2.04 bits per heavy atom. The van der Waals surface area contributed by atoms with Crippen LogP contribution in [-0.2, 0) is 4.79 Å². The molecular weight excluding hydrogens is 344 g/mol. The minimum atomic E-state index is -0.285. The summed E-state index contributed by atoms with van der Waals surface area (Å²) in [6.07, 6.45) is 0.310. The summed E-state index contributed by atoms with van der Waals surface area (Å²) in [5.41, 5.74) is 1.86. The summed E-state index contributed by atoms with van der Waals surface area (Å²) in [4.78, 5) is 14.1. The molecule has 0 unspecified atom stereocenters. The molecule has 6 nitrogen and oxygen atoms in total. The molecule has 3 rings (SSSR count). The van der Waals surface area contributed by atoms with Crippen LogP contribution in [0.25, 0.3) is 0 Å². The molecule has 144 valence electrons. The van der Waals surface area contributed by atoms with Crippen LogP contribution in [0.4, 0.5) is 11.4 Å². The van der Waals surface area contributed by atoms with Gasteiger partial charge in [-0.05, 0) is 31.2 Å². The zero-order valence-corrected chi connectivity index (χ0v) is 15.9. The van der Waals surface area contributed by atoms with Gasteiger partial charge >= 0.3 is 5.97 Å². The van der Waals surface area contributed by atoms with E-state index in [-0.39, 0.29) is 5.97 Å². The lowest BCUT2D eigenvalue weighted by Crippen LogP contribution is -2.36. The molecule has 2 aromatic rings. The van der Waals surface area contributed by atoms with Gasteiger partial charge in [-0.1, -0.05) is 25.1 Å². The highest BCUT2D eigenvalue weighted by Crippen LogP contribution is 2.36. The first kappa shape index (κ1) is 18.9. The Hall–Kier alpha value is -2.89. The Morgan fingerprint density at radius 1 is 1.19 bits per heavy atom. The van der Waals surface area contributed by atoms with Crippen LogP contribution in [0.2, 0.25) is 0 Å². The highest BCUT2D eigenvalue weighted by Gasteiger charge is 2.18. The van der Waals surface area contributed by atoms with Gasteiger partial charge in [-0.2, -0.15) is 0 Å². The number of ether oxygens (including phenoxy) is 3. The summed E-state index contributed by atoms with van der Waals surface area (Å²) in [7, 11) is 0. The number of anilines is 2. The van der Waals surface area contributed by atoms with Crippen molar-refractivity contribution in [3.05, 3.63) is 42.5 Å². The minimum Gasteiger partial charge on any atom is -0.490 e. The number of nitrogens with zero attached hydrogens (tertiary/aromatic N) is 1. The maximum absolute atomic E-state index is 11.8. The molecule has 0 spiro atoms. The maximum atomic E-state index is 11.8. The largest absolute Gasteiger partial charge is 0.490 e. The molecule has 0 radical (unpaired) electrons. The molecule has 0 atom stereocenters. The van der Waals surface area contributed by atoms with Crippen LogP contribution in [0, 0.1) is 0 Å². The molecule has 1 aliphatic heterocycles. The van der Waals surface area contributed by atoms with Gasteiger partial charge in [-0.15, -0.1) is 0 Å². The summed E-state index contributed by atoms with van der Waals surface area (Å²) in [6.45, 7) is 7.20. The second kappa shape index (κ2) is 9.16.